The van der Waals surface area contributed by atoms with Gasteiger partial charge in [0.05, 0.1) is 12.4 Å². The van der Waals surface area contributed by atoms with Crippen molar-refractivity contribution in [2.75, 3.05) is 7.05 Å². The fourth-order valence-corrected chi connectivity index (χ4v) is 3.73. The van der Waals surface area contributed by atoms with Crippen molar-refractivity contribution in [2.24, 2.45) is 0 Å². The molecule has 1 N–H and O–H groups in total. The minimum Gasteiger partial charge on any atom is -0.435 e. The SMILES string of the molecule is CCC(=O)N[C@H]1CC[C@@H](N(C)C(=O)Oc2cnc(-c3nc4ccc(Cl)cc4o3)cn2)C1. The molecule has 1 aliphatic carbocycles. The zero-order valence-electron chi connectivity index (χ0n) is 17.2. The fraction of sp³-hybridized carbons (Fsp3) is 0.381. The van der Waals surface area contributed by atoms with E-state index in [0.29, 0.717) is 40.5 Å². The molecule has 2 atom stereocenters. The Hall–Kier alpha value is -3.20. The molecule has 0 bridgehead atoms. The summed E-state index contributed by atoms with van der Waals surface area (Å²) in [6, 6.07) is 5.23. The molecule has 31 heavy (non-hydrogen) atoms. The molecule has 9 nitrogen and oxygen atoms in total. The van der Waals surface area contributed by atoms with Gasteiger partial charge in [-0.3, -0.25) is 4.79 Å². The van der Waals surface area contributed by atoms with E-state index in [9.17, 15) is 9.59 Å². The lowest BCUT2D eigenvalue weighted by Gasteiger charge is -2.23. The first-order chi connectivity index (χ1) is 14.9. The lowest BCUT2D eigenvalue weighted by atomic mass is 10.2. The molecule has 1 fully saturated rings. The predicted molar refractivity (Wildman–Crippen MR) is 114 cm³/mol. The standard InChI is InChI=1S/C21H22ClN5O4/c1-3-18(28)25-13-5-6-14(9-13)27(2)21(29)31-19-11-23-16(10-24-19)20-26-15-7-4-12(22)8-17(15)30-20/h4,7-8,10-11,13-14H,3,5-6,9H2,1-2H3,(H,25,28)/t13-,14+/m0/s1. The number of benzene rings is 1. The third-order valence-corrected chi connectivity index (χ3v) is 5.55. The largest absolute Gasteiger partial charge is 0.435 e. The van der Waals surface area contributed by atoms with Crippen LogP contribution in [0.25, 0.3) is 22.7 Å². The number of hydrogen-bond acceptors (Lipinski definition) is 7. The Morgan fingerprint density at radius 2 is 2.13 bits per heavy atom. The van der Waals surface area contributed by atoms with Gasteiger partial charge in [0.2, 0.25) is 17.7 Å². The van der Waals surface area contributed by atoms with Crippen molar-refractivity contribution < 1.29 is 18.7 Å². The quantitative estimate of drug-likeness (QED) is 0.638. The van der Waals surface area contributed by atoms with E-state index in [2.05, 4.69) is 20.3 Å². The van der Waals surface area contributed by atoms with Gasteiger partial charge in [-0.15, -0.1) is 0 Å². The van der Waals surface area contributed by atoms with Crippen LogP contribution in [-0.4, -0.2) is 51.0 Å². The molecule has 1 saturated carbocycles. The van der Waals surface area contributed by atoms with Gasteiger partial charge in [0.15, 0.2) is 5.58 Å². The number of carbonyl (C=O) groups excluding carboxylic acids is 2. The molecule has 4 rings (SSSR count). The monoisotopic (exact) mass is 443 g/mol. The first kappa shape index (κ1) is 21.0. The van der Waals surface area contributed by atoms with E-state index in [-0.39, 0.29) is 23.9 Å². The highest BCUT2D eigenvalue weighted by Gasteiger charge is 2.31. The Labute approximate surface area is 183 Å². The van der Waals surface area contributed by atoms with Crippen LogP contribution in [0, 0.1) is 0 Å². The molecule has 3 aromatic rings. The van der Waals surface area contributed by atoms with E-state index in [4.69, 9.17) is 20.8 Å². The summed E-state index contributed by atoms with van der Waals surface area (Å²) in [4.78, 5) is 38.3. The van der Waals surface area contributed by atoms with Crippen LogP contribution in [0.15, 0.2) is 35.0 Å². The molecule has 2 aromatic heterocycles. The molecule has 10 heteroatoms. The summed E-state index contributed by atoms with van der Waals surface area (Å²) >= 11 is 5.97. The van der Waals surface area contributed by atoms with Crippen molar-refractivity contribution in [1.82, 2.24) is 25.2 Å². The number of carbonyl (C=O) groups is 2. The maximum absolute atomic E-state index is 12.5. The molecule has 0 radical (unpaired) electrons. The second-order valence-electron chi connectivity index (χ2n) is 7.43. The molecule has 1 aromatic carbocycles. The average Bonchev–Trinajstić information content (AvgIpc) is 3.40. The van der Waals surface area contributed by atoms with Crippen LogP contribution >= 0.6 is 11.6 Å². The van der Waals surface area contributed by atoms with Crippen molar-refractivity contribution in [3.63, 3.8) is 0 Å². The summed E-state index contributed by atoms with van der Waals surface area (Å²) in [5, 5.41) is 3.52. The highest BCUT2D eigenvalue weighted by atomic mass is 35.5. The number of rotatable bonds is 5. The number of oxazole rings is 1. The van der Waals surface area contributed by atoms with Crippen LogP contribution in [0.4, 0.5) is 4.79 Å². The van der Waals surface area contributed by atoms with Crippen LogP contribution in [0.1, 0.15) is 32.6 Å². The Morgan fingerprint density at radius 3 is 2.87 bits per heavy atom. The highest BCUT2D eigenvalue weighted by Crippen LogP contribution is 2.26. The average molecular weight is 444 g/mol. The first-order valence-corrected chi connectivity index (χ1v) is 10.4. The van der Waals surface area contributed by atoms with Crippen LogP contribution in [-0.2, 0) is 4.79 Å². The molecule has 2 amide bonds. The molecule has 0 spiro atoms. The number of fused-ring (bicyclic) bond motifs is 1. The van der Waals surface area contributed by atoms with Gasteiger partial charge < -0.3 is 19.4 Å². The van der Waals surface area contributed by atoms with E-state index < -0.39 is 6.09 Å². The topological polar surface area (TPSA) is 110 Å². The number of nitrogens with zero attached hydrogens (tertiary/aromatic N) is 4. The minimum absolute atomic E-state index is 0.00605. The summed E-state index contributed by atoms with van der Waals surface area (Å²) in [6.45, 7) is 1.82. The highest BCUT2D eigenvalue weighted by molar-refractivity contribution is 6.31. The van der Waals surface area contributed by atoms with Gasteiger partial charge in [-0.1, -0.05) is 18.5 Å². The van der Waals surface area contributed by atoms with Crippen molar-refractivity contribution in [3.05, 3.63) is 35.6 Å². The summed E-state index contributed by atoms with van der Waals surface area (Å²) in [5.74, 6) is 0.396. The van der Waals surface area contributed by atoms with E-state index in [1.807, 2.05) is 6.92 Å². The lowest BCUT2D eigenvalue weighted by molar-refractivity contribution is -0.121. The zero-order valence-corrected chi connectivity index (χ0v) is 17.9. The number of amides is 2. The van der Waals surface area contributed by atoms with Gasteiger partial charge in [-0.05, 0) is 31.4 Å². The molecular formula is C21H22ClN5O4. The summed E-state index contributed by atoms with van der Waals surface area (Å²) in [7, 11) is 1.68. The molecule has 2 heterocycles. The Kier molecular flexibility index (Phi) is 6.03. The van der Waals surface area contributed by atoms with E-state index in [1.54, 1.807) is 25.2 Å². The Bertz CT molecular complexity index is 1100. The molecule has 0 saturated heterocycles. The van der Waals surface area contributed by atoms with Gasteiger partial charge in [0, 0.05) is 36.6 Å². The molecule has 0 unspecified atom stereocenters. The van der Waals surface area contributed by atoms with Gasteiger partial charge >= 0.3 is 6.09 Å². The van der Waals surface area contributed by atoms with Gasteiger partial charge in [-0.25, -0.2) is 19.7 Å². The lowest BCUT2D eigenvalue weighted by Crippen LogP contribution is -2.39. The van der Waals surface area contributed by atoms with Crippen LogP contribution in [0.2, 0.25) is 5.02 Å². The van der Waals surface area contributed by atoms with Gasteiger partial charge in [-0.2, -0.15) is 0 Å². The van der Waals surface area contributed by atoms with E-state index >= 15 is 0 Å². The third-order valence-electron chi connectivity index (χ3n) is 5.32. The van der Waals surface area contributed by atoms with E-state index in [1.165, 1.54) is 17.3 Å². The van der Waals surface area contributed by atoms with Crippen molar-refractivity contribution in [3.8, 4) is 17.5 Å². The number of hydrogen-bond donors (Lipinski definition) is 1. The van der Waals surface area contributed by atoms with Gasteiger partial charge in [0.25, 0.3) is 0 Å². The zero-order chi connectivity index (χ0) is 22.0. The first-order valence-electron chi connectivity index (χ1n) is 10.1. The number of halogens is 1. The second kappa shape index (κ2) is 8.89. The Balaban J connectivity index is 1.37. The second-order valence-corrected chi connectivity index (χ2v) is 7.87. The smallest absolute Gasteiger partial charge is 0.416 e. The number of ether oxygens (including phenoxy) is 1. The van der Waals surface area contributed by atoms with Crippen LogP contribution < -0.4 is 10.1 Å². The molecule has 1 aliphatic rings. The summed E-state index contributed by atoms with van der Waals surface area (Å²) in [5.41, 5.74) is 1.61. The number of nitrogens with one attached hydrogen (secondary N) is 1. The van der Waals surface area contributed by atoms with E-state index in [0.717, 1.165) is 12.8 Å². The maximum atomic E-state index is 12.5. The number of aromatic nitrogens is 3. The Morgan fingerprint density at radius 1 is 1.29 bits per heavy atom. The van der Waals surface area contributed by atoms with Crippen molar-refractivity contribution in [1.29, 1.82) is 0 Å². The molecular weight excluding hydrogens is 422 g/mol. The van der Waals surface area contributed by atoms with Gasteiger partial charge in [0.1, 0.15) is 11.2 Å². The molecule has 162 valence electrons. The summed E-state index contributed by atoms with van der Waals surface area (Å²) in [6.07, 6.45) is 5.04. The van der Waals surface area contributed by atoms with Crippen LogP contribution in [0.3, 0.4) is 0 Å². The van der Waals surface area contributed by atoms with Crippen LogP contribution in [0.5, 0.6) is 5.88 Å². The fourth-order valence-electron chi connectivity index (χ4n) is 3.57. The predicted octanol–water partition coefficient (Wildman–Crippen LogP) is 3.82. The van der Waals surface area contributed by atoms with Crippen molar-refractivity contribution >= 4 is 34.7 Å². The minimum atomic E-state index is -0.522. The maximum Gasteiger partial charge on any atom is 0.416 e. The van der Waals surface area contributed by atoms with Crippen molar-refractivity contribution in [2.45, 2.75) is 44.7 Å². The summed E-state index contributed by atoms with van der Waals surface area (Å²) < 4.78 is 11.0. The normalized spacial score (nSPS) is 18.2. The third kappa shape index (κ3) is 4.77. The molecule has 0 aliphatic heterocycles.